The SMILES string of the molecule is CC12C[C@@H]1C[C@H]1[C@@H]3CC[C@@H]4C[C@](C)(O)CC[C@@H]4[C@H]3CC[C@]1(C)[C@@H]2C(=O)Cn1cc(C#N)cn1. The highest BCUT2D eigenvalue weighted by atomic mass is 16.3. The molecule has 0 spiro atoms. The predicted octanol–water partition coefficient (Wildman–Crippen LogP) is 4.98. The molecule has 10 atom stereocenters. The Balaban J connectivity index is 1.26. The summed E-state index contributed by atoms with van der Waals surface area (Å²) >= 11 is 0. The van der Waals surface area contributed by atoms with Crippen LogP contribution in [-0.4, -0.2) is 26.3 Å². The van der Waals surface area contributed by atoms with Crippen LogP contribution in [-0.2, 0) is 11.3 Å². The van der Waals surface area contributed by atoms with E-state index in [0.29, 0.717) is 35.6 Å². The van der Waals surface area contributed by atoms with Gasteiger partial charge in [-0.2, -0.15) is 10.4 Å². The van der Waals surface area contributed by atoms with Gasteiger partial charge in [-0.1, -0.05) is 13.8 Å². The number of carbonyl (C=O) groups excluding carboxylic acids is 1. The van der Waals surface area contributed by atoms with E-state index in [0.717, 1.165) is 30.6 Å². The quantitative estimate of drug-likeness (QED) is 0.706. The topological polar surface area (TPSA) is 78.9 Å². The molecule has 1 aromatic heterocycles. The van der Waals surface area contributed by atoms with Crippen LogP contribution in [0.4, 0.5) is 0 Å². The van der Waals surface area contributed by atoms with Crippen LogP contribution in [0.25, 0.3) is 0 Å². The smallest absolute Gasteiger partial charge is 0.158 e. The van der Waals surface area contributed by atoms with E-state index in [4.69, 9.17) is 5.26 Å². The van der Waals surface area contributed by atoms with E-state index in [1.165, 1.54) is 44.9 Å². The fourth-order valence-electron chi connectivity index (χ4n) is 9.96. The lowest BCUT2D eigenvalue weighted by atomic mass is 9.43. The second-order valence-electron chi connectivity index (χ2n) is 13.3. The van der Waals surface area contributed by atoms with Crippen molar-refractivity contribution >= 4 is 5.78 Å². The van der Waals surface area contributed by atoms with Gasteiger partial charge >= 0.3 is 0 Å². The average Bonchev–Trinajstić information content (AvgIpc) is 3.20. The fourth-order valence-corrected chi connectivity index (χ4v) is 9.96. The van der Waals surface area contributed by atoms with Crippen molar-refractivity contribution in [3.8, 4) is 6.07 Å². The molecule has 0 radical (unpaired) electrons. The molecule has 5 heteroatoms. The van der Waals surface area contributed by atoms with E-state index in [1.807, 2.05) is 6.92 Å². The lowest BCUT2D eigenvalue weighted by Crippen LogP contribution is -2.57. The van der Waals surface area contributed by atoms with Crippen LogP contribution < -0.4 is 0 Å². The van der Waals surface area contributed by atoms with Gasteiger partial charge in [-0.15, -0.1) is 0 Å². The molecule has 5 nitrogen and oxygen atoms in total. The number of nitrogens with zero attached hydrogens (tertiary/aromatic N) is 3. The number of aliphatic hydroxyl groups is 1. The van der Waals surface area contributed by atoms with E-state index < -0.39 is 5.60 Å². The molecule has 5 saturated carbocycles. The lowest BCUT2D eigenvalue weighted by molar-refractivity contribution is -0.157. The molecule has 1 unspecified atom stereocenters. The summed E-state index contributed by atoms with van der Waals surface area (Å²) in [7, 11) is 0. The molecule has 6 rings (SSSR count). The maximum absolute atomic E-state index is 13.9. The highest BCUT2D eigenvalue weighted by Gasteiger charge is 2.70. The van der Waals surface area contributed by atoms with Crippen molar-refractivity contribution in [2.45, 2.75) is 90.7 Å². The third-order valence-electron chi connectivity index (χ3n) is 11.4. The zero-order valence-corrected chi connectivity index (χ0v) is 20.5. The minimum atomic E-state index is -0.465. The predicted molar refractivity (Wildman–Crippen MR) is 125 cm³/mol. The molecule has 178 valence electrons. The number of ketones is 1. The van der Waals surface area contributed by atoms with Gasteiger partial charge < -0.3 is 5.11 Å². The third-order valence-corrected chi connectivity index (χ3v) is 11.4. The Morgan fingerprint density at radius 2 is 1.91 bits per heavy atom. The third kappa shape index (κ3) is 3.27. The summed E-state index contributed by atoms with van der Waals surface area (Å²) in [5, 5.41) is 24.1. The molecule has 0 amide bonds. The van der Waals surface area contributed by atoms with E-state index in [9.17, 15) is 9.90 Å². The van der Waals surface area contributed by atoms with Crippen LogP contribution in [0.1, 0.15) is 84.1 Å². The van der Waals surface area contributed by atoms with E-state index in [1.54, 1.807) is 17.1 Å². The molecule has 0 bridgehead atoms. The van der Waals surface area contributed by atoms with Gasteiger partial charge in [0.2, 0.25) is 0 Å². The lowest BCUT2D eigenvalue weighted by Gasteiger charge is -2.61. The molecule has 5 fully saturated rings. The largest absolute Gasteiger partial charge is 0.390 e. The number of fused-ring (bicyclic) bond motifs is 6. The van der Waals surface area contributed by atoms with Gasteiger partial charge in [0.05, 0.1) is 23.9 Å². The van der Waals surface area contributed by atoms with Gasteiger partial charge in [-0.05, 0) is 111 Å². The van der Waals surface area contributed by atoms with E-state index in [2.05, 4.69) is 25.0 Å². The highest BCUT2D eigenvalue weighted by molar-refractivity contribution is 5.83. The first-order valence-electron chi connectivity index (χ1n) is 13.3. The highest BCUT2D eigenvalue weighted by Crippen LogP contribution is 2.75. The maximum Gasteiger partial charge on any atom is 0.158 e. The first-order chi connectivity index (χ1) is 15.6. The second-order valence-corrected chi connectivity index (χ2v) is 13.3. The number of carbonyl (C=O) groups is 1. The fraction of sp³-hybridized carbons (Fsp3) is 0.821. The van der Waals surface area contributed by atoms with Crippen molar-refractivity contribution in [2.24, 2.45) is 52.3 Å². The van der Waals surface area contributed by atoms with Crippen LogP contribution in [0.5, 0.6) is 0 Å². The normalized spacial score (nSPS) is 50.2. The second kappa shape index (κ2) is 7.17. The Morgan fingerprint density at radius 1 is 1.12 bits per heavy atom. The molecule has 33 heavy (non-hydrogen) atoms. The number of aromatic nitrogens is 2. The van der Waals surface area contributed by atoms with Gasteiger partial charge in [0.15, 0.2) is 5.78 Å². The Labute approximate surface area is 197 Å². The first kappa shape index (κ1) is 21.8. The van der Waals surface area contributed by atoms with E-state index in [-0.39, 0.29) is 16.7 Å². The van der Waals surface area contributed by atoms with Crippen molar-refractivity contribution in [1.82, 2.24) is 9.78 Å². The van der Waals surface area contributed by atoms with Gasteiger partial charge in [-0.3, -0.25) is 9.48 Å². The Morgan fingerprint density at radius 3 is 2.67 bits per heavy atom. The standard InChI is InChI=1S/C28H39N3O2/c1-26(33)8-6-20-18(11-26)4-5-22-21(20)7-9-27(2)23(22)10-19-12-28(19,3)25(27)24(32)16-31-15-17(13-29)14-30-31/h14-15,18-23,25,33H,4-12,16H2,1-3H3/t18-,19+,20+,21-,22-,23+,25+,26-,27+,28?/m1/s1. The molecule has 1 heterocycles. The van der Waals surface area contributed by atoms with Gasteiger partial charge in [0.1, 0.15) is 6.07 Å². The number of nitriles is 1. The van der Waals surface area contributed by atoms with E-state index >= 15 is 0 Å². The van der Waals surface area contributed by atoms with Gasteiger partial charge in [0, 0.05) is 12.1 Å². The van der Waals surface area contributed by atoms with Gasteiger partial charge in [0.25, 0.3) is 0 Å². The number of rotatable bonds is 3. The van der Waals surface area contributed by atoms with Gasteiger partial charge in [-0.25, -0.2) is 0 Å². The summed E-state index contributed by atoms with van der Waals surface area (Å²) in [6.07, 6.45) is 13.9. The Hall–Kier alpha value is -1.67. The summed E-state index contributed by atoms with van der Waals surface area (Å²) < 4.78 is 1.68. The molecule has 0 saturated heterocycles. The molecular formula is C28H39N3O2. The minimum absolute atomic E-state index is 0.0816. The summed E-state index contributed by atoms with van der Waals surface area (Å²) in [5.74, 6) is 4.81. The molecule has 1 N–H and O–H groups in total. The van der Waals surface area contributed by atoms with Crippen LogP contribution >= 0.6 is 0 Å². The molecule has 5 aliphatic rings. The molecule has 0 aromatic carbocycles. The summed E-state index contributed by atoms with van der Waals surface area (Å²) in [4.78, 5) is 13.9. The van der Waals surface area contributed by atoms with Crippen molar-refractivity contribution in [2.75, 3.05) is 0 Å². The molecule has 0 aliphatic heterocycles. The number of Topliss-reactive ketones (excluding diaryl/α,β-unsaturated/α-hetero) is 1. The first-order valence-corrected chi connectivity index (χ1v) is 13.3. The number of hydrogen-bond donors (Lipinski definition) is 1. The van der Waals surface area contributed by atoms with Crippen LogP contribution in [0.15, 0.2) is 12.4 Å². The zero-order valence-electron chi connectivity index (χ0n) is 20.5. The van der Waals surface area contributed by atoms with Crippen molar-refractivity contribution in [3.63, 3.8) is 0 Å². The average molecular weight is 450 g/mol. The molecule has 5 aliphatic carbocycles. The minimum Gasteiger partial charge on any atom is -0.390 e. The Bertz CT molecular complexity index is 1010. The summed E-state index contributed by atoms with van der Waals surface area (Å²) in [6.45, 7) is 7.16. The van der Waals surface area contributed by atoms with Crippen LogP contribution in [0.2, 0.25) is 0 Å². The maximum atomic E-state index is 13.9. The van der Waals surface area contributed by atoms with Crippen molar-refractivity contribution in [1.29, 1.82) is 5.26 Å². The monoisotopic (exact) mass is 449 g/mol. The zero-order chi connectivity index (χ0) is 23.2. The van der Waals surface area contributed by atoms with Crippen molar-refractivity contribution < 1.29 is 9.90 Å². The summed E-state index contributed by atoms with van der Waals surface area (Å²) in [5.41, 5.74) is 0.293. The van der Waals surface area contributed by atoms with Crippen LogP contribution in [0.3, 0.4) is 0 Å². The van der Waals surface area contributed by atoms with Crippen molar-refractivity contribution in [3.05, 3.63) is 18.0 Å². The Kier molecular flexibility index (Phi) is 4.74. The molecular weight excluding hydrogens is 410 g/mol. The summed E-state index contributed by atoms with van der Waals surface area (Å²) in [6, 6.07) is 2.13. The van der Waals surface area contributed by atoms with Crippen LogP contribution in [0, 0.1) is 63.6 Å². The molecule has 1 aromatic rings. The number of hydrogen-bond acceptors (Lipinski definition) is 4.